The van der Waals surface area contributed by atoms with E-state index in [4.69, 9.17) is 9.47 Å². The number of carbonyl (C=O) groups excluding carboxylic acids is 2. The fraction of sp³-hybridized carbons (Fsp3) is 0.190. The predicted molar refractivity (Wildman–Crippen MR) is 109 cm³/mol. The van der Waals surface area contributed by atoms with E-state index in [0.717, 1.165) is 16.3 Å². The molecule has 0 radical (unpaired) electrons. The first-order chi connectivity index (χ1) is 13.6. The van der Waals surface area contributed by atoms with Crippen LogP contribution >= 0.6 is 11.3 Å². The Bertz CT molecular complexity index is 967. The van der Waals surface area contributed by atoms with E-state index in [0.29, 0.717) is 16.9 Å². The number of nitrogens with zero attached hydrogens (tertiary/aromatic N) is 1. The molecule has 0 fully saturated rings. The zero-order valence-corrected chi connectivity index (χ0v) is 16.4. The van der Waals surface area contributed by atoms with Crippen LogP contribution in [0.1, 0.15) is 23.0 Å². The van der Waals surface area contributed by atoms with Gasteiger partial charge in [-0.05, 0) is 43.3 Å². The summed E-state index contributed by atoms with van der Waals surface area (Å²) in [4.78, 5) is 29.0. The van der Waals surface area contributed by atoms with Crippen molar-refractivity contribution in [1.29, 1.82) is 0 Å². The lowest BCUT2D eigenvalue weighted by molar-refractivity contribution is -0.115. The molecule has 0 aliphatic heterocycles. The number of aromatic nitrogens is 1. The maximum Gasteiger partial charge on any atom is 0.340 e. The molecule has 0 saturated carbocycles. The van der Waals surface area contributed by atoms with E-state index in [9.17, 15) is 9.59 Å². The number of rotatable bonds is 7. The summed E-state index contributed by atoms with van der Waals surface area (Å²) in [6.07, 6.45) is 0.115. The van der Waals surface area contributed by atoms with Crippen molar-refractivity contribution in [2.75, 3.05) is 19.0 Å². The fourth-order valence-corrected chi connectivity index (χ4v) is 3.42. The minimum absolute atomic E-state index is 0.115. The zero-order valence-electron chi connectivity index (χ0n) is 15.6. The van der Waals surface area contributed by atoms with E-state index >= 15 is 0 Å². The van der Waals surface area contributed by atoms with Gasteiger partial charge in [0.1, 0.15) is 10.8 Å². The molecule has 144 valence electrons. The van der Waals surface area contributed by atoms with Crippen molar-refractivity contribution in [3.05, 3.63) is 65.2 Å². The summed E-state index contributed by atoms with van der Waals surface area (Å²) in [5.74, 6) is 0.0670. The van der Waals surface area contributed by atoms with Crippen LogP contribution in [0, 0.1) is 0 Å². The summed E-state index contributed by atoms with van der Waals surface area (Å²) in [7, 11) is 1.62. The Morgan fingerprint density at radius 2 is 1.86 bits per heavy atom. The molecule has 3 rings (SSSR count). The third-order valence-electron chi connectivity index (χ3n) is 3.93. The van der Waals surface area contributed by atoms with E-state index in [1.807, 2.05) is 29.6 Å². The van der Waals surface area contributed by atoms with Crippen LogP contribution in [0.15, 0.2) is 53.9 Å². The summed E-state index contributed by atoms with van der Waals surface area (Å²) < 4.78 is 10.2. The van der Waals surface area contributed by atoms with Gasteiger partial charge in [-0.2, -0.15) is 0 Å². The quantitative estimate of drug-likeness (QED) is 0.606. The molecular formula is C21H20N2O4S. The number of hydrogen-bond acceptors (Lipinski definition) is 6. The molecule has 1 N–H and O–H groups in total. The largest absolute Gasteiger partial charge is 0.497 e. The molecule has 0 atom stereocenters. The molecule has 1 heterocycles. The molecule has 0 aliphatic carbocycles. The molecule has 2 aromatic carbocycles. The van der Waals surface area contributed by atoms with Crippen LogP contribution in [0.2, 0.25) is 0 Å². The SMILES string of the molecule is CCOC(=O)c1ccccc1NC(=O)Cc1csc(-c2ccc(OC)cc2)n1. The van der Waals surface area contributed by atoms with E-state index in [-0.39, 0.29) is 18.9 Å². The minimum Gasteiger partial charge on any atom is -0.497 e. The summed E-state index contributed by atoms with van der Waals surface area (Å²) in [5, 5.41) is 5.46. The van der Waals surface area contributed by atoms with E-state index in [1.165, 1.54) is 11.3 Å². The lowest BCUT2D eigenvalue weighted by atomic mass is 10.1. The fourth-order valence-electron chi connectivity index (χ4n) is 2.59. The maximum absolute atomic E-state index is 12.4. The second-order valence-corrected chi connectivity index (χ2v) is 6.72. The number of esters is 1. The first-order valence-corrected chi connectivity index (χ1v) is 9.63. The molecule has 28 heavy (non-hydrogen) atoms. The van der Waals surface area contributed by atoms with Gasteiger partial charge in [-0.15, -0.1) is 11.3 Å². The van der Waals surface area contributed by atoms with Crippen molar-refractivity contribution < 1.29 is 19.1 Å². The minimum atomic E-state index is -0.464. The first kappa shape index (κ1) is 19.6. The number of anilines is 1. The summed E-state index contributed by atoms with van der Waals surface area (Å²) in [5.41, 5.74) is 2.39. The Labute approximate surface area is 167 Å². The van der Waals surface area contributed by atoms with Gasteiger partial charge in [-0.25, -0.2) is 9.78 Å². The summed E-state index contributed by atoms with van der Waals surface area (Å²) in [6.45, 7) is 2.01. The van der Waals surface area contributed by atoms with Crippen molar-refractivity contribution in [2.45, 2.75) is 13.3 Å². The molecule has 0 saturated heterocycles. The first-order valence-electron chi connectivity index (χ1n) is 8.75. The number of para-hydroxylation sites is 1. The van der Waals surface area contributed by atoms with Crippen molar-refractivity contribution in [3.63, 3.8) is 0 Å². The molecule has 6 nitrogen and oxygen atoms in total. The van der Waals surface area contributed by atoms with E-state index < -0.39 is 5.97 Å². The van der Waals surface area contributed by atoms with Crippen LogP contribution in [0.4, 0.5) is 5.69 Å². The van der Waals surface area contributed by atoms with Gasteiger partial charge < -0.3 is 14.8 Å². The number of thiazole rings is 1. The molecule has 3 aromatic rings. The third kappa shape index (κ3) is 4.75. The topological polar surface area (TPSA) is 77.5 Å². The molecule has 1 aromatic heterocycles. The Morgan fingerprint density at radius 1 is 1.11 bits per heavy atom. The highest BCUT2D eigenvalue weighted by Crippen LogP contribution is 2.26. The van der Waals surface area contributed by atoms with Crippen molar-refractivity contribution in [1.82, 2.24) is 4.98 Å². The lowest BCUT2D eigenvalue weighted by Gasteiger charge is -2.09. The third-order valence-corrected chi connectivity index (χ3v) is 4.87. The van der Waals surface area contributed by atoms with Gasteiger partial charge in [-0.1, -0.05) is 12.1 Å². The van der Waals surface area contributed by atoms with Crippen LogP contribution in [-0.2, 0) is 16.0 Å². The number of carbonyl (C=O) groups is 2. The highest BCUT2D eigenvalue weighted by Gasteiger charge is 2.15. The van der Waals surface area contributed by atoms with Crippen LogP contribution in [0.5, 0.6) is 5.75 Å². The Kier molecular flexibility index (Phi) is 6.39. The number of methoxy groups -OCH3 is 1. The van der Waals surface area contributed by atoms with Crippen LogP contribution in [0.25, 0.3) is 10.6 Å². The standard InChI is InChI=1S/C21H20N2O4S/c1-3-27-21(25)17-6-4-5-7-18(17)23-19(24)12-15-13-28-20(22-15)14-8-10-16(26-2)11-9-14/h4-11,13H,3,12H2,1-2H3,(H,23,24). The predicted octanol–water partition coefficient (Wildman–Crippen LogP) is 4.18. The number of amides is 1. The Balaban J connectivity index is 1.68. The smallest absolute Gasteiger partial charge is 0.340 e. The van der Waals surface area contributed by atoms with Crippen LogP contribution in [-0.4, -0.2) is 30.6 Å². The second kappa shape index (κ2) is 9.14. The average molecular weight is 396 g/mol. The second-order valence-electron chi connectivity index (χ2n) is 5.86. The Morgan fingerprint density at radius 3 is 2.57 bits per heavy atom. The van der Waals surface area contributed by atoms with Gasteiger partial charge in [0.05, 0.1) is 37.1 Å². The van der Waals surface area contributed by atoms with Crippen LogP contribution < -0.4 is 10.1 Å². The number of ether oxygens (including phenoxy) is 2. The normalized spacial score (nSPS) is 10.4. The van der Waals surface area contributed by atoms with E-state index in [2.05, 4.69) is 10.3 Å². The number of nitrogens with one attached hydrogen (secondary N) is 1. The molecule has 0 aliphatic rings. The highest BCUT2D eigenvalue weighted by molar-refractivity contribution is 7.13. The van der Waals surface area contributed by atoms with Gasteiger partial charge in [0, 0.05) is 10.9 Å². The van der Waals surface area contributed by atoms with Gasteiger partial charge in [0.2, 0.25) is 5.91 Å². The average Bonchev–Trinajstić information content (AvgIpc) is 3.17. The molecule has 7 heteroatoms. The number of benzene rings is 2. The van der Waals surface area contributed by atoms with E-state index in [1.54, 1.807) is 38.3 Å². The molecule has 0 unspecified atom stereocenters. The highest BCUT2D eigenvalue weighted by atomic mass is 32.1. The van der Waals surface area contributed by atoms with Crippen molar-refractivity contribution >= 4 is 28.9 Å². The molecule has 0 bridgehead atoms. The zero-order chi connectivity index (χ0) is 19.9. The summed E-state index contributed by atoms with van der Waals surface area (Å²) >= 11 is 1.47. The molecule has 0 spiro atoms. The Hall–Kier alpha value is -3.19. The van der Waals surface area contributed by atoms with Gasteiger partial charge in [0.15, 0.2) is 0 Å². The van der Waals surface area contributed by atoms with Crippen molar-refractivity contribution in [2.24, 2.45) is 0 Å². The molecule has 1 amide bonds. The number of hydrogen-bond donors (Lipinski definition) is 1. The van der Waals surface area contributed by atoms with Gasteiger partial charge >= 0.3 is 5.97 Å². The van der Waals surface area contributed by atoms with Gasteiger partial charge in [-0.3, -0.25) is 4.79 Å². The lowest BCUT2D eigenvalue weighted by Crippen LogP contribution is -2.17. The maximum atomic E-state index is 12.4. The molecular weight excluding hydrogens is 376 g/mol. The van der Waals surface area contributed by atoms with Crippen molar-refractivity contribution in [3.8, 4) is 16.3 Å². The monoisotopic (exact) mass is 396 g/mol. The van der Waals surface area contributed by atoms with Crippen LogP contribution in [0.3, 0.4) is 0 Å². The summed E-state index contributed by atoms with van der Waals surface area (Å²) in [6, 6.07) is 14.4. The van der Waals surface area contributed by atoms with Gasteiger partial charge in [0.25, 0.3) is 0 Å².